The summed E-state index contributed by atoms with van der Waals surface area (Å²) >= 11 is 2.76. The van der Waals surface area contributed by atoms with Gasteiger partial charge in [-0.1, -0.05) is 49.2 Å². The highest BCUT2D eigenvalue weighted by Crippen LogP contribution is 2.38. The minimum atomic E-state index is -0.523. The number of esters is 1. The lowest BCUT2D eigenvalue weighted by Gasteiger charge is -2.12. The molecule has 0 saturated carbocycles. The van der Waals surface area contributed by atoms with Crippen LogP contribution in [-0.4, -0.2) is 43.7 Å². The number of carbonyl (C=O) groups is 4. The Kier molecular flexibility index (Phi) is 12.1. The summed E-state index contributed by atoms with van der Waals surface area (Å²) < 4.78 is 10.4. The van der Waals surface area contributed by atoms with E-state index in [2.05, 4.69) is 16.0 Å². The number of aryl methyl sites for hydroxylation is 1. The van der Waals surface area contributed by atoms with Crippen molar-refractivity contribution in [2.75, 3.05) is 30.6 Å². The quantitative estimate of drug-likeness (QED) is 0.0859. The van der Waals surface area contributed by atoms with E-state index in [1.165, 1.54) is 30.2 Å². The molecule has 3 N–H and O–H groups in total. The molecule has 0 spiro atoms. The fourth-order valence-corrected chi connectivity index (χ4v) is 7.39. The number of carbonyl (C=O) groups excluding carboxylic acids is 4. The normalized spacial score (nSPS) is 12.9. The average Bonchev–Trinajstić information content (AvgIpc) is 3.42. The van der Waals surface area contributed by atoms with Gasteiger partial charge in [0, 0.05) is 21.0 Å². The molecule has 0 fully saturated rings. The second-order valence-corrected chi connectivity index (χ2v) is 13.2. The van der Waals surface area contributed by atoms with Gasteiger partial charge in [0.1, 0.15) is 16.4 Å². The first-order valence-electron chi connectivity index (χ1n) is 15.6. The van der Waals surface area contributed by atoms with Crippen molar-refractivity contribution in [1.29, 1.82) is 0 Å². The van der Waals surface area contributed by atoms with Crippen LogP contribution >= 0.6 is 23.1 Å². The molecule has 4 aromatic rings. The largest absolute Gasteiger partial charge is 0.497 e. The van der Waals surface area contributed by atoms with Crippen molar-refractivity contribution in [2.45, 2.75) is 43.4 Å². The predicted octanol–water partition coefficient (Wildman–Crippen LogP) is 7.34. The van der Waals surface area contributed by atoms with Crippen LogP contribution in [0.3, 0.4) is 0 Å². The van der Waals surface area contributed by atoms with Crippen molar-refractivity contribution < 1.29 is 28.7 Å². The lowest BCUT2D eigenvalue weighted by atomic mass is 9.96. The van der Waals surface area contributed by atoms with Crippen LogP contribution in [0.15, 0.2) is 89.5 Å². The first-order chi connectivity index (χ1) is 23.3. The van der Waals surface area contributed by atoms with Crippen LogP contribution in [-0.2, 0) is 27.2 Å². The van der Waals surface area contributed by atoms with Crippen molar-refractivity contribution in [3.05, 3.63) is 112 Å². The van der Waals surface area contributed by atoms with Gasteiger partial charge in [0.15, 0.2) is 0 Å². The summed E-state index contributed by atoms with van der Waals surface area (Å²) in [4.78, 5) is 54.2. The van der Waals surface area contributed by atoms with Gasteiger partial charge in [0.25, 0.3) is 11.8 Å². The number of anilines is 2. The molecule has 0 aliphatic heterocycles. The molecule has 3 aromatic carbocycles. The van der Waals surface area contributed by atoms with Crippen LogP contribution in [0.4, 0.5) is 10.7 Å². The number of hydrogen-bond donors (Lipinski definition) is 3. The van der Waals surface area contributed by atoms with Crippen molar-refractivity contribution in [3.63, 3.8) is 0 Å². The van der Waals surface area contributed by atoms with Gasteiger partial charge in [0.2, 0.25) is 5.91 Å². The predicted molar refractivity (Wildman–Crippen MR) is 191 cm³/mol. The lowest BCUT2D eigenvalue weighted by Crippen LogP contribution is -2.30. The highest BCUT2D eigenvalue weighted by Gasteiger charge is 2.26. The van der Waals surface area contributed by atoms with Crippen LogP contribution < -0.4 is 20.7 Å². The zero-order chi connectivity index (χ0) is 33.9. The highest BCUT2D eigenvalue weighted by molar-refractivity contribution is 8.00. The van der Waals surface area contributed by atoms with Gasteiger partial charge in [0.05, 0.1) is 25.5 Å². The number of thiophene rings is 1. The van der Waals surface area contributed by atoms with Gasteiger partial charge in [-0.2, -0.15) is 0 Å². The van der Waals surface area contributed by atoms with E-state index < -0.39 is 17.8 Å². The fraction of sp³-hybridized carbons (Fsp3) is 0.243. The van der Waals surface area contributed by atoms with Crippen LogP contribution in [0.25, 0.3) is 6.08 Å². The number of nitrogens with one attached hydrogen (secondary N) is 3. The second kappa shape index (κ2) is 16.8. The third kappa shape index (κ3) is 9.14. The molecule has 248 valence electrons. The lowest BCUT2D eigenvalue weighted by molar-refractivity contribution is -0.114. The maximum atomic E-state index is 13.5. The molecule has 1 aromatic heterocycles. The Hall–Kier alpha value is -4.87. The van der Waals surface area contributed by atoms with E-state index in [0.29, 0.717) is 33.1 Å². The number of methoxy groups -OCH3 is 2. The molecule has 1 aliphatic carbocycles. The Morgan fingerprint density at radius 1 is 0.854 bits per heavy atom. The Bertz CT molecular complexity index is 1820. The molecule has 0 saturated heterocycles. The number of amides is 3. The Morgan fingerprint density at radius 2 is 1.62 bits per heavy atom. The Labute approximate surface area is 288 Å². The molecule has 0 bridgehead atoms. The molecule has 5 rings (SSSR count). The van der Waals surface area contributed by atoms with E-state index in [0.717, 1.165) is 53.9 Å². The monoisotopic (exact) mass is 683 g/mol. The molecule has 1 aliphatic rings. The summed E-state index contributed by atoms with van der Waals surface area (Å²) in [5, 5.41) is 9.09. The molecule has 48 heavy (non-hydrogen) atoms. The first-order valence-corrected chi connectivity index (χ1v) is 17.4. The van der Waals surface area contributed by atoms with Gasteiger partial charge in [-0.25, -0.2) is 4.79 Å². The van der Waals surface area contributed by atoms with E-state index in [1.807, 2.05) is 12.1 Å². The maximum absolute atomic E-state index is 13.5. The summed E-state index contributed by atoms with van der Waals surface area (Å²) in [6, 6.07) is 22.9. The van der Waals surface area contributed by atoms with Crippen molar-refractivity contribution in [1.82, 2.24) is 5.32 Å². The van der Waals surface area contributed by atoms with Crippen molar-refractivity contribution >= 4 is 63.6 Å². The molecule has 0 radical (unpaired) electrons. The van der Waals surface area contributed by atoms with Gasteiger partial charge in [-0.15, -0.1) is 23.1 Å². The highest BCUT2D eigenvalue weighted by atomic mass is 32.2. The third-order valence-corrected chi connectivity index (χ3v) is 9.91. The van der Waals surface area contributed by atoms with E-state index >= 15 is 0 Å². The van der Waals surface area contributed by atoms with E-state index in [1.54, 1.807) is 79.9 Å². The molecule has 3 amide bonds. The third-order valence-electron chi connectivity index (χ3n) is 7.71. The smallest absolute Gasteiger partial charge is 0.341 e. The van der Waals surface area contributed by atoms with Crippen LogP contribution in [0, 0.1) is 0 Å². The zero-order valence-corrected chi connectivity index (χ0v) is 28.4. The number of benzene rings is 3. The molecule has 0 atom stereocenters. The summed E-state index contributed by atoms with van der Waals surface area (Å²) in [5.41, 5.74) is 3.07. The van der Waals surface area contributed by atoms with Gasteiger partial charge < -0.3 is 25.4 Å². The second-order valence-electron chi connectivity index (χ2n) is 11.1. The van der Waals surface area contributed by atoms with Crippen LogP contribution in [0.1, 0.15) is 62.4 Å². The standard InChI is InChI=1S/C37H37N3O6S2/c1-45-27-16-10-12-24(20-27)21-30(39-34(42)25-13-6-5-7-14-25)35(43)38-26-15-11-17-28(22-26)47-23-32(41)40-36-33(37(44)46-2)29-18-8-3-4-9-19-31(29)48-36/h5-7,10-17,20-22H,3-4,8-9,18-19,23H2,1-2H3,(H,38,43)(H,39,42)(H,40,41)/b30-21-. The zero-order valence-electron chi connectivity index (χ0n) is 26.8. The Morgan fingerprint density at radius 3 is 2.40 bits per heavy atom. The average molecular weight is 684 g/mol. The number of thioether (sulfide) groups is 1. The maximum Gasteiger partial charge on any atom is 0.341 e. The number of fused-ring (bicyclic) bond motifs is 1. The number of ether oxygens (including phenoxy) is 2. The number of rotatable bonds is 11. The van der Waals surface area contributed by atoms with E-state index in [4.69, 9.17) is 9.47 Å². The minimum absolute atomic E-state index is 0.0426. The molecule has 1 heterocycles. The summed E-state index contributed by atoms with van der Waals surface area (Å²) in [7, 11) is 2.91. The topological polar surface area (TPSA) is 123 Å². The van der Waals surface area contributed by atoms with Gasteiger partial charge in [-0.05, 0) is 85.4 Å². The SMILES string of the molecule is COC(=O)c1c(NC(=O)CSc2cccc(NC(=O)/C(=C/c3cccc(OC)c3)NC(=O)c3ccccc3)c2)sc2c1CCCCCC2. The van der Waals surface area contributed by atoms with E-state index in [9.17, 15) is 19.2 Å². The summed E-state index contributed by atoms with van der Waals surface area (Å²) in [6.07, 6.45) is 7.60. The molecule has 11 heteroatoms. The Balaban J connectivity index is 1.27. The van der Waals surface area contributed by atoms with Gasteiger partial charge >= 0.3 is 5.97 Å². The first kappa shape index (κ1) is 34.5. The van der Waals surface area contributed by atoms with E-state index in [-0.39, 0.29) is 17.4 Å². The molecular weight excluding hydrogens is 647 g/mol. The van der Waals surface area contributed by atoms with Crippen molar-refractivity contribution in [2.24, 2.45) is 0 Å². The summed E-state index contributed by atoms with van der Waals surface area (Å²) in [5.74, 6) is -0.929. The van der Waals surface area contributed by atoms with Crippen LogP contribution in [0.5, 0.6) is 5.75 Å². The fourth-order valence-electron chi connectivity index (χ4n) is 5.34. The molecular formula is C37H37N3O6S2. The molecule has 0 unspecified atom stereocenters. The van der Waals surface area contributed by atoms with Crippen molar-refractivity contribution in [3.8, 4) is 5.75 Å². The minimum Gasteiger partial charge on any atom is -0.497 e. The number of hydrogen-bond acceptors (Lipinski definition) is 8. The van der Waals surface area contributed by atoms with Crippen LogP contribution in [0.2, 0.25) is 0 Å². The van der Waals surface area contributed by atoms with Gasteiger partial charge in [-0.3, -0.25) is 14.4 Å². The summed E-state index contributed by atoms with van der Waals surface area (Å²) in [6.45, 7) is 0. The molecule has 9 nitrogen and oxygen atoms in total.